The van der Waals surface area contributed by atoms with E-state index in [1.165, 1.54) is 22.7 Å². The van der Waals surface area contributed by atoms with Crippen LogP contribution in [0.2, 0.25) is 4.34 Å². The lowest BCUT2D eigenvalue weighted by Gasteiger charge is -2.19. The number of para-hydroxylation sites is 1. The highest BCUT2D eigenvalue weighted by molar-refractivity contribution is 7.22. The number of thiophene rings is 1. The molecule has 0 aliphatic carbocycles. The molecule has 1 aromatic carbocycles. The van der Waals surface area contributed by atoms with Crippen LogP contribution in [-0.2, 0) is 17.8 Å². The molecule has 0 N–H and O–H groups in total. The minimum atomic E-state index is -0.0498. The van der Waals surface area contributed by atoms with Crippen LogP contribution in [0.4, 0.5) is 5.13 Å². The van der Waals surface area contributed by atoms with Gasteiger partial charge in [0.1, 0.15) is 11.3 Å². The van der Waals surface area contributed by atoms with Gasteiger partial charge >= 0.3 is 0 Å². The molecule has 0 spiro atoms. The fraction of sp³-hybridized carbons (Fsp3) is 0.190. The summed E-state index contributed by atoms with van der Waals surface area (Å²) in [6, 6.07) is 15.2. The van der Waals surface area contributed by atoms with Crippen LogP contribution in [0.1, 0.15) is 17.5 Å². The summed E-state index contributed by atoms with van der Waals surface area (Å²) in [5.41, 5.74) is 1.57. The zero-order valence-electron chi connectivity index (χ0n) is 15.7. The molecule has 0 aliphatic rings. The van der Waals surface area contributed by atoms with Gasteiger partial charge in [-0.25, -0.2) is 4.98 Å². The number of carbonyl (C=O) groups excluding carboxylic acids is 1. The number of rotatable bonds is 7. The summed E-state index contributed by atoms with van der Waals surface area (Å²) in [7, 11) is 0. The monoisotopic (exact) mass is 443 g/mol. The largest absolute Gasteiger partial charge is 0.492 e. The maximum atomic E-state index is 13.2. The molecule has 0 bridgehead atoms. The van der Waals surface area contributed by atoms with E-state index in [0.717, 1.165) is 26.5 Å². The Morgan fingerprint density at radius 2 is 2.03 bits per heavy atom. The van der Waals surface area contributed by atoms with E-state index < -0.39 is 0 Å². The first-order valence-corrected chi connectivity index (χ1v) is 11.1. The summed E-state index contributed by atoms with van der Waals surface area (Å²) < 4.78 is 7.35. The number of hydrogen-bond donors (Lipinski definition) is 0. The molecule has 5 nitrogen and oxygen atoms in total. The van der Waals surface area contributed by atoms with E-state index in [0.29, 0.717) is 22.6 Å². The van der Waals surface area contributed by atoms with Gasteiger partial charge in [-0.15, -0.1) is 11.3 Å². The molecule has 148 valence electrons. The quantitative estimate of drug-likeness (QED) is 0.374. The van der Waals surface area contributed by atoms with Gasteiger partial charge in [-0.2, -0.15) is 0 Å². The molecule has 4 aromatic rings. The van der Waals surface area contributed by atoms with Gasteiger partial charge < -0.3 is 4.74 Å². The molecule has 4 rings (SSSR count). The molecule has 8 heteroatoms. The van der Waals surface area contributed by atoms with Gasteiger partial charge in [0.25, 0.3) is 0 Å². The topological polar surface area (TPSA) is 55.3 Å². The van der Waals surface area contributed by atoms with E-state index in [-0.39, 0.29) is 12.3 Å². The zero-order chi connectivity index (χ0) is 20.2. The smallest absolute Gasteiger partial charge is 0.234 e. The highest BCUT2D eigenvalue weighted by atomic mass is 35.5. The van der Waals surface area contributed by atoms with Gasteiger partial charge in [0.05, 0.1) is 34.3 Å². The molecule has 1 amide bonds. The minimum absolute atomic E-state index is 0.0498. The predicted molar refractivity (Wildman–Crippen MR) is 119 cm³/mol. The third-order valence-electron chi connectivity index (χ3n) is 4.20. The Morgan fingerprint density at radius 3 is 2.76 bits per heavy atom. The van der Waals surface area contributed by atoms with Crippen molar-refractivity contribution >= 4 is 55.5 Å². The van der Waals surface area contributed by atoms with Crippen LogP contribution in [-0.4, -0.2) is 22.5 Å². The lowest BCUT2D eigenvalue weighted by Crippen LogP contribution is -2.31. The first-order valence-electron chi connectivity index (χ1n) is 9.11. The van der Waals surface area contributed by atoms with Crippen LogP contribution < -0.4 is 9.64 Å². The molecule has 0 atom stereocenters. The Kier molecular flexibility index (Phi) is 6.08. The third kappa shape index (κ3) is 4.58. The van der Waals surface area contributed by atoms with Crippen molar-refractivity contribution in [2.75, 3.05) is 11.5 Å². The minimum Gasteiger partial charge on any atom is -0.492 e. The Morgan fingerprint density at radius 1 is 1.14 bits per heavy atom. The number of hydrogen-bond acceptors (Lipinski definition) is 6. The van der Waals surface area contributed by atoms with Crippen molar-refractivity contribution < 1.29 is 9.53 Å². The molecule has 3 aromatic heterocycles. The van der Waals surface area contributed by atoms with Gasteiger partial charge in [0, 0.05) is 11.1 Å². The number of pyridine rings is 1. The molecular weight excluding hydrogens is 426 g/mol. The van der Waals surface area contributed by atoms with Crippen molar-refractivity contribution in [1.82, 2.24) is 9.97 Å². The van der Waals surface area contributed by atoms with Gasteiger partial charge in [-0.05, 0) is 43.3 Å². The normalized spacial score (nSPS) is 11.0. The Bertz CT molecular complexity index is 1130. The number of aromatic nitrogens is 2. The summed E-state index contributed by atoms with van der Waals surface area (Å²) in [5.74, 6) is 0.675. The third-order valence-corrected chi connectivity index (χ3v) is 6.48. The Labute approximate surface area is 181 Å². The predicted octanol–water partition coefficient (Wildman–Crippen LogP) is 5.58. The molecule has 0 saturated carbocycles. The van der Waals surface area contributed by atoms with Crippen molar-refractivity contribution in [2.24, 2.45) is 0 Å². The maximum Gasteiger partial charge on any atom is 0.234 e. The van der Waals surface area contributed by atoms with Crippen molar-refractivity contribution in [1.29, 1.82) is 0 Å². The molecule has 0 fully saturated rings. The lowest BCUT2D eigenvalue weighted by molar-refractivity contribution is -0.118. The lowest BCUT2D eigenvalue weighted by atomic mass is 10.3. The van der Waals surface area contributed by atoms with E-state index in [4.69, 9.17) is 21.3 Å². The summed E-state index contributed by atoms with van der Waals surface area (Å²) in [6.45, 7) is 2.85. The average Bonchev–Trinajstić information content (AvgIpc) is 3.33. The molecule has 0 unspecified atom stereocenters. The fourth-order valence-corrected chi connectivity index (χ4v) is 4.98. The second kappa shape index (κ2) is 8.90. The number of thiazole rings is 1. The standard InChI is InChI=1S/C21H18ClN3O2S2/c1-2-27-16-7-5-8-17-20(16)24-21(29-17)25(13-14-6-3-4-11-23-14)19(26)12-15-9-10-18(22)28-15/h3-11H,2,12-13H2,1H3. The molecule has 0 radical (unpaired) electrons. The summed E-state index contributed by atoms with van der Waals surface area (Å²) in [6.07, 6.45) is 1.99. The first kappa shape index (κ1) is 19.8. The van der Waals surface area contributed by atoms with Gasteiger partial charge in [-0.3, -0.25) is 14.7 Å². The fourth-order valence-electron chi connectivity index (χ4n) is 2.91. The van der Waals surface area contributed by atoms with E-state index >= 15 is 0 Å². The van der Waals surface area contributed by atoms with Crippen LogP contribution in [0.3, 0.4) is 0 Å². The number of fused-ring (bicyclic) bond motifs is 1. The number of nitrogens with zero attached hydrogens (tertiary/aromatic N) is 3. The van der Waals surface area contributed by atoms with E-state index in [1.54, 1.807) is 11.1 Å². The maximum absolute atomic E-state index is 13.2. The average molecular weight is 444 g/mol. The second-order valence-electron chi connectivity index (χ2n) is 6.22. The number of halogens is 1. The first-order chi connectivity index (χ1) is 14.1. The summed E-state index contributed by atoms with van der Waals surface area (Å²) >= 11 is 8.92. The number of ether oxygens (including phenoxy) is 1. The van der Waals surface area contributed by atoms with Crippen LogP contribution >= 0.6 is 34.3 Å². The van der Waals surface area contributed by atoms with Gasteiger partial charge in [0.15, 0.2) is 5.13 Å². The van der Waals surface area contributed by atoms with Crippen LogP contribution in [0, 0.1) is 0 Å². The Balaban J connectivity index is 1.70. The van der Waals surface area contributed by atoms with Crippen LogP contribution in [0.15, 0.2) is 54.7 Å². The number of carbonyl (C=O) groups is 1. The highest BCUT2D eigenvalue weighted by Gasteiger charge is 2.22. The van der Waals surface area contributed by atoms with E-state index in [1.807, 2.05) is 55.5 Å². The van der Waals surface area contributed by atoms with Crippen molar-refractivity contribution in [3.63, 3.8) is 0 Å². The van der Waals surface area contributed by atoms with E-state index in [9.17, 15) is 4.79 Å². The second-order valence-corrected chi connectivity index (χ2v) is 9.02. The van der Waals surface area contributed by atoms with Crippen LogP contribution in [0.25, 0.3) is 10.2 Å². The highest BCUT2D eigenvalue weighted by Crippen LogP contribution is 2.35. The van der Waals surface area contributed by atoms with E-state index in [2.05, 4.69) is 4.98 Å². The van der Waals surface area contributed by atoms with Gasteiger partial charge in [0.2, 0.25) is 5.91 Å². The van der Waals surface area contributed by atoms with Crippen LogP contribution in [0.5, 0.6) is 5.75 Å². The SMILES string of the molecule is CCOc1cccc2sc(N(Cc3ccccn3)C(=O)Cc3ccc(Cl)s3)nc12. The van der Waals surface area contributed by atoms with Gasteiger partial charge in [-0.1, -0.05) is 35.1 Å². The number of benzene rings is 1. The number of amides is 1. The van der Waals surface area contributed by atoms with Crippen molar-refractivity contribution in [2.45, 2.75) is 19.9 Å². The molecular formula is C21H18ClN3O2S2. The molecule has 0 saturated heterocycles. The molecule has 0 aliphatic heterocycles. The summed E-state index contributed by atoms with van der Waals surface area (Å²) in [5, 5.41) is 0.630. The number of anilines is 1. The summed E-state index contributed by atoms with van der Waals surface area (Å²) in [4.78, 5) is 24.9. The van der Waals surface area contributed by atoms with Crippen molar-refractivity contribution in [3.8, 4) is 5.75 Å². The zero-order valence-corrected chi connectivity index (χ0v) is 18.1. The Hall–Kier alpha value is -2.48. The molecule has 3 heterocycles. The molecule has 29 heavy (non-hydrogen) atoms. The van der Waals surface area contributed by atoms with Crippen molar-refractivity contribution in [3.05, 3.63) is 69.6 Å².